The highest BCUT2D eigenvalue weighted by molar-refractivity contribution is 5.67. The Morgan fingerprint density at radius 2 is 1.85 bits per heavy atom. The summed E-state index contributed by atoms with van der Waals surface area (Å²) in [7, 11) is 3.76. The lowest BCUT2D eigenvalue weighted by molar-refractivity contribution is 0.0648. The molecule has 0 spiro atoms. The fourth-order valence-electron chi connectivity index (χ4n) is 4.66. The number of hydrogen-bond donors (Lipinski definition) is 1. The standard InChI is InChI=1S/C25H32FN7O/c1-31-10-12-32(13-11-31)21-6-4-20(5-7-21)29-24-27-15-22(34-2)23(30-24)19-14-28-33(16-19)18-25(17-26)8-3-9-25/h4-7,14-16H,3,8-13,17-18H2,1-2H3,(H,27,29,30). The largest absolute Gasteiger partial charge is 0.493 e. The molecule has 5 rings (SSSR count). The van der Waals surface area contributed by atoms with Gasteiger partial charge in [0.2, 0.25) is 5.95 Å². The van der Waals surface area contributed by atoms with Crippen molar-refractivity contribution in [3.05, 3.63) is 42.9 Å². The van der Waals surface area contributed by atoms with Gasteiger partial charge in [-0.05, 0) is 44.2 Å². The van der Waals surface area contributed by atoms with Crippen LogP contribution in [0.4, 0.5) is 21.7 Å². The maximum absolute atomic E-state index is 13.5. The Labute approximate surface area is 199 Å². The fourth-order valence-corrected chi connectivity index (χ4v) is 4.66. The number of hydrogen-bond acceptors (Lipinski definition) is 7. The van der Waals surface area contributed by atoms with Crippen LogP contribution in [0.3, 0.4) is 0 Å². The molecule has 1 N–H and O–H groups in total. The topological polar surface area (TPSA) is 71.3 Å². The predicted molar refractivity (Wildman–Crippen MR) is 131 cm³/mol. The zero-order chi connectivity index (χ0) is 23.5. The molecule has 2 aromatic heterocycles. The molecule has 3 heterocycles. The number of alkyl halides is 1. The SMILES string of the molecule is COc1cnc(Nc2ccc(N3CCN(C)CC3)cc2)nc1-c1cnn(CC2(CF)CCC2)c1. The molecule has 2 aliphatic rings. The summed E-state index contributed by atoms with van der Waals surface area (Å²) in [6, 6.07) is 8.36. The highest BCUT2D eigenvalue weighted by atomic mass is 19.1. The molecule has 9 heteroatoms. The molecule has 0 bridgehead atoms. The monoisotopic (exact) mass is 465 g/mol. The highest BCUT2D eigenvalue weighted by Gasteiger charge is 2.37. The quantitative estimate of drug-likeness (QED) is 0.539. The van der Waals surface area contributed by atoms with Gasteiger partial charge in [0.1, 0.15) is 5.69 Å². The number of ether oxygens (including phenoxy) is 1. The normalized spacial score (nSPS) is 17.9. The molecular weight excluding hydrogens is 433 g/mol. The maximum atomic E-state index is 13.5. The molecule has 34 heavy (non-hydrogen) atoms. The van der Waals surface area contributed by atoms with Gasteiger partial charge in [0.05, 0.1) is 26.2 Å². The summed E-state index contributed by atoms with van der Waals surface area (Å²) in [6.45, 7) is 4.51. The number of anilines is 3. The Balaban J connectivity index is 1.31. The van der Waals surface area contributed by atoms with E-state index in [1.807, 2.05) is 23.0 Å². The van der Waals surface area contributed by atoms with E-state index >= 15 is 0 Å². The van der Waals surface area contributed by atoms with Crippen molar-refractivity contribution in [1.29, 1.82) is 0 Å². The van der Waals surface area contributed by atoms with Crippen LogP contribution in [-0.2, 0) is 6.54 Å². The van der Waals surface area contributed by atoms with Gasteiger partial charge in [-0.3, -0.25) is 9.07 Å². The molecule has 0 unspecified atom stereocenters. The van der Waals surface area contributed by atoms with Gasteiger partial charge in [0.15, 0.2) is 5.75 Å². The molecule has 1 aliphatic carbocycles. The lowest BCUT2D eigenvalue weighted by Crippen LogP contribution is -2.44. The van der Waals surface area contributed by atoms with Crippen molar-refractivity contribution in [2.45, 2.75) is 25.8 Å². The minimum atomic E-state index is -0.305. The van der Waals surface area contributed by atoms with Crippen LogP contribution in [0.2, 0.25) is 0 Å². The lowest BCUT2D eigenvalue weighted by Gasteiger charge is -2.39. The van der Waals surface area contributed by atoms with E-state index in [1.165, 1.54) is 5.69 Å². The molecule has 0 amide bonds. The summed E-state index contributed by atoms with van der Waals surface area (Å²) in [5.41, 5.74) is 3.35. The van der Waals surface area contributed by atoms with Crippen LogP contribution in [0.1, 0.15) is 19.3 Å². The van der Waals surface area contributed by atoms with E-state index < -0.39 is 0 Å². The van der Waals surface area contributed by atoms with Crippen molar-refractivity contribution in [3.63, 3.8) is 0 Å². The molecular formula is C25H32FN7O. The second-order valence-corrected chi connectivity index (χ2v) is 9.49. The molecule has 0 radical (unpaired) electrons. The minimum absolute atomic E-state index is 0.262. The number of nitrogens with zero attached hydrogens (tertiary/aromatic N) is 6. The number of piperazine rings is 1. The number of rotatable bonds is 8. The molecule has 1 aromatic carbocycles. The van der Waals surface area contributed by atoms with Crippen LogP contribution in [0.15, 0.2) is 42.9 Å². The van der Waals surface area contributed by atoms with Gasteiger partial charge < -0.3 is 19.9 Å². The number of aromatic nitrogens is 4. The molecule has 8 nitrogen and oxygen atoms in total. The summed E-state index contributed by atoms with van der Waals surface area (Å²) in [5.74, 6) is 1.05. The number of benzene rings is 1. The van der Waals surface area contributed by atoms with E-state index in [4.69, 9.17) is 9.72 Å². The van der Waals surface area contributed by atoms with Crippen LogP contribution >= 0.6 is 0 Å². The number of nitrogens with one attached hydrogen (secondary N) is 1. The van der Waals surface area contributed by atoms with Gasteiger partial charge in [-0.15, -0.1) is 0 Å². The van der Waals surface area contributed by atoms with Gasteiger partial charge in [-0.2, -0.15) is 5.10 Å². The zero-order valence-electron chi connectivity index (χ0n) is 19.9. The fraction of sp³-hybridized carbons (Fsp3) is 0.480. The molecule has 1 saturated heterocycles. The smallest absolute Gasteiger partial charge is 0.227 e. The van der Waals surface area contributed by atoms with Crippen LogP contribution in [-0.4, -0.2) is 71.7 Å². The molecule has 1 saturated carbocycles. The Kier molecular flexibility index (Phi) is 6.36. The highest BCUT2D eigenvalue weighted by Crippen LogP contribution is 2.43. The number of methoxy groups -OCH3 is 1. The van der Waals surface area contributed by atoms with Gasteiger partial charge in [0, 0.05) is 61.3 Å². The third kappa shape index (κ3) is 4.70. The lowest BCUT2D eigenvalue weighted by atomic mass is 9.70. The molecule has 1 aliphatic heterocycles. The Hall–Kier alpha value is -3.20. The van der Waals surface area contributed by atoms with E-state index in [1.54, 1.807) is 19.5 Å². The second kappa shape index (κ2) is 9.58. The van der Waals surface area contributed by atoms with Crippen LogP contribution in [0.25, 0.3) is 11.3 Å². The molecule has 2 fully saturated rings. The van der Waals surface area contributed by atoms with Crippen molar-refractivity contribution < 1.29 is 9.13 Å². The Morgan fingerprint density at radius 3 is 2.50 bits per heavy atom. The van der Waals surface area contributed by atoms with Crippen molar-refractivity contribution >= 4 is 17.3 Å². The van der Waals surface area contributed by atoms with Gasteiger partial charge in [0.25, 0.3) is 0 Å². The average Bonchev–Trinajstić information content (AvgIpc) is 3.31. The Bertz CT molecular complexity index is 1100. The summed E-state index contributed by atoms with van der Waals surface area (Å²) in [5, 5.41) is 7.75. The van der Waals surface area contributed by atoms with Gasteiger partial charge in [-0.25, -0.2) is 9.97 Å². The minimum Gasteiger partial charge on any atom is -0.493 e. The predicted octanol–water partition coefficient (Wildman–Crippen LogP) is 3.98. The van der Waals surface area contributed by atoms with Crippen LogP contribution in [0, 0.1) is 5.41 Å². The summed E-state index contributed by atoms with van der Waals surface area (Å²) < 4.78 is 20.9. The van der Waals surface area contributed by atoms with Crippen molar-refractivity contribution in [2.75, 3.05) is 57.2 Å². The number of likely N-dealkylation sites (N-methyl/N-ethyl adjacent to an activating group) is 1. The van der Waals surface area contributed by atoms with Crippen molar-refractivity contribution in [2.24, 2.45) is 5.41 Å². The second-order valence-electron chi connectivity index (χ2n) is 9.49. The summed E-state index contributed by atoms with van der Waals surface area (Å²) in [6.07, 6.45) is 8.24. The van der Waals surface area contributed by atoms with E-state index in [0.29, 0.717) is 23.9 Å². The molecule has 180 valence electrons. The first-order valence-corrected chi connectivity index (χ1v) is 11.9. The van der Waals surface area contributed by atoms with Gasteiger partial charge in [-0.1, -0.05) is 6.42 Å². The number of halogens is 1. The van der Waals surface area contributed by atoms with Crippen LogP contribution in [0.5, 0.6) is 5.75 Å². The maximum Gasteiger partial charge on any atom is 0.227 e. The van der Waals surface area contributed by atoms with E-state index in [9.17, 15) is 4.39 Å². The third-order valence-corrected chi connectivity index (χ3v) is 7.07. The summed E-state index contributed by atoms with van der Waals surface area (Å²) >= 11 is 0. The first-order valence-electron chi connectivity index (χ1n) is 11.9. The van der Waals surface area contributed by atoms with Crippen molar-refractivity contribution in [3.8, 4) is 17.0 Å². The van der Waals surface area contributed by atoms with E-state index in [-0.39, 0.29) is 12.1 Å². The first kappa shape index (κ1) is 22.6. The first-order chi connectivity index (χ1) is 16.6. The third-order valence-electron chi connectivity index (χ3n) is 7.07. The zero-order valence-corrected chi connectivity index (χ0v) is 19.9. The van der Waals surface area contributed by atoms with E-state index in [2.05, 4.69) is 44.4 Å². The molecule has 0 atom stereocenters. The average molecular weight is 466 g/mol. The molecule has 3 aromatic rings. The summed E-state index contributed by atoms with van der Waals surface area (Å²) in [4.78, 5) is 13.9. The van der Waals surface area contributed by atoms with Crippen LogP contribution < -0.4 is 15.0 Å². The van der Waals surface area contributed by atoms with Crippen molar-refractivity contribution in [1.82, 2.24) is 24.6 Å². The van der Waals surface area contributed by atoms with Gasteiger partial charge >= 0.3 is 0 Å². The Morgan fingerprint density at radius 1 is 1.09 bits per heavy atom. The van der Waals surface area contributed by atoms with E-state index in [0.717, 1.165) is 56.7 Å².